The van der Waals surface area contributed by atoms with Crippen molar-refractivity contribution in [1.29, 1.82) is 0 Å². The first-order valence-electron chi connectivity index (χ1n) is 11.3. The van der Waals surface area contributed by atoms with E-state index in [4.69, 9.17) is 4.74 Å². The maximum Gasteiger partial charge on any atom is 0.338 e. The number of aliphatic hydroxyl groups excluding tert-OH is 2. The maximum absolute atomic E-state index is 12.7. The van der Waals surface area contributed by atoms with Gasteiger partial charge in [-0.1, -0.05) is 52.6 Å². The number of aliphatic hydroxyl groups is 2. The molecule has 0 radical (unpaired) electrons. The number of hydrogen-bond donors (Lipinski definition) is 2. The molecule has 1 fully saturated rings. The zero-order valence-electron chi connectivity index (χ0n) is 19.2. The van der Waals surface area contributed by atoms with Gasteiger partial charge in [0.2, 0.25) is 0 Å². The van der Waals surface area contributed by atoms with Gasteiger partial charge in [0, 0.05) is 11.3 Å². The van der Waals surface area contributed by atoms with Gasteiger partial charge in [-0.2, -0.15) is 0 Å². The van der Waals surface area contributed by atoms with Crippen LogP contribution in [0.5, 0.6) is 0 Å². The van der Waals surface area contributed by atoms with E-state index < -0.39 is 23.6 Å². The number of hydrogen-bond acceptors (Lipinski definition) is 4. The minimum atomic E-state index is -0.800. The lowest BCUT2D eigenvalue weighted by molar-refractivity contribution is -0.0607. The van der Waals surface area contributed by atoms with Crippen molar-refractivity contribution in [3.63, 3.8) is 0 Å². The van der Waals surface area contributed by atoms with Crippen molar-refractivity contribution < 1.29 is 19.7 Å². The van der Waals surface area contributed by atoms with Crippen molar-refractivity contribution >= 4 is 5.97 Å². The summed E-state index contributed by atoms with van der Waals surface area (Å²) in [4.78, 5) is 12.7. The van der Waals surface area contributed by atoms with Crippen molar-refractivity contribution in [2.24, 2.45) is 11.3 Å². The number of carbonyl (C=O) groups excluding carboxylic acids is 1. The average Bonchev–Trinajstić information content (AvgIpc) is 3.13. The number of carbonyl (C=O) groups is 1. The van der Waals surface area contributed by atoms with Gasteiger partial charge in [-0.25, -0.2) is 4.79 Å². The van der Waals surface area contributed by atoms with E-state index in [2.05, 4.69) is 26.8 Å². The van der Waals surface area contributed by atoms with Crippen LogP contribution in [-0.4, -0.2) is 35.0 Å². The third kappa shape index (κ3) is 5.19. The molecule has 0 saturated heterocycles. The zero-order chi connectivity index (χ0) is 22.6. The molecule has 0 aliphatic heterocycles. The summed E-state index contributed by atoms with van der Waals surface area (Å²) in [5.41, 5.74) is 4.37. The Morgan fingerprint density at radius 2 is 1.81 bits per heavy atom. The van der Waals surface area contributed by atoms with Crippen LogP contribution in [0.25, 0.3) is 0 Å². The second-order valence-electron chi connectivity index (χ2n) is 9.50. The normalized spacial score (nSPS) is 32.7. The average molecular weight is 425 g/mol. The van der Waals surface area contributed by atoms with Crippen LogP contribution in [-0.2, 0) is 4.74 Å². The fraction of sp³-hybridized carbons (Fsp3) is 0.519. The second kappa shape index (κ2) is 9.97. The van der Waals surface area contributed by atoms with Crippen LogP contribution in [0.15, 0.2) is 64.8 Å². The predicted molar refractivity (Wildman–Crippen MR) is 124 cm³/mol. The molecule has 2 aliphatic rings. The minimum absolute atomic E-state index is 0.0763. The Kier molecular flexibility index (Phi) is 7.55. The molecule has 3 rings (SSSR count). The van der Waals surface area contributed by atoms with Gasteiger partial charge >= 0.3 is 5.97 Å². The Bertz CT molecular complexity index is 876. The third-order valence-corrected chi connectivity index (χ3v) is 6.96. The predicted octanol–water partition coefficient (Wildman–Crippen LogP) is 5.37. The smallest absolute Gasteiger partial charge is 0.338 e. The molecule has 1 aromatic rings. The Labute approximate surface area is 186 Å². The molecule has 0 unspecified atom stereocenters. The van der Waals surface area contributed by atoms with Crippen molar-refractivity contribution in [1.82, 2.24) is 0 Å². The largest absolute Gasteiger partial charge is 0.461 e. The van der Waals surface area contributed by atoms with E-state index in [-0.39, 0.29) is 12.5 Å². The summed E-state index contributed by atoms with van der Waals surface area (Å²) in [5, 5.41) is 22.8. The molecule has 1 saturated carbocycles. The summed E-state index contributed by atoms with van der Waals surface area (Å²) in [5.74, 6) is -0.659. The molecule has 0 spiro atoms. The van der Waals surface area contributed by atoms with Gasteiger partial charge in [-0.05, 0) is 71.9 Å². The van der Waals surface area contributed by atoms with Crippen LogP contribution in [0.2, 0.25) is 0 Å². The Morgan fingerprint density at radius 3 is 2.48 bits per heavy atom. The number of esters is 1. The zero-order valence-corrected chi connectivity index (χ0v) is 19.2. The van der Waals surface area contributed by atoms with E-state index >= 15 is 0 Å². The molecule has 2 N–H and O–H groups in total. The Balaban J connectivity index is 2.02. The monoisotopic (exact) mass is 424 g/mol. The summed E-state index contributed by atoms with van der Waals surface area (Å²) < 4.78 is 5.80. The molecule has 2 aliphatic carbocycles. The highest BCUT2D eigenvalue weighted by atomic mass is 16.5. The topological polar surface area (TPSA) is 66.8 Å². The molecule has 31 heavy (non-hydrogen) atoms. The minimum Gasteiger partial charge on any atom is -0.461 e. The van der Waals surface area contributed by atoms with E-state index in [1.54, 1.807) is 24.3 Å². The van der Waals surface area contributed by atoms with Gasteiger partial charge in [0.25, 0.3) is 0 Å². The van der Waals surface area contributed by atoms with E-state index in [0.29, 0.717) is 18.4 Å². The van der Waals surface area contributed by atoms with Crippen LogP contribution in [0.4, 0.5) is 0 Å². The quantitative estimate of drug-likeness (QED) is 0.505. The first-order chi connectivity index (χ1) is 14.7. The molecule has 168 valence electrons. The maximum atomic E-state index is 12.7. The number of fused-ring (bicyclic) bond motifs is 1. The molecule has 0 aromatic heterocycles. The highest BCUT2D eigenvalue weighted by molar-refractivity contribution is 5.89. The third-order valence-electron chi connectivity index (χ3n) is 6.96. The SMILES string of the molecule is CC(C)=C1CC[C@@]2(COC(=O)c3ccccc3)[C@H](O)/C=C(\C)CC/C=C(\C)C[C@H](O)[C@H]12. The van der Waals surface area contributed by atoms with Crippen LogP contribution in [0.3, 0.4) is 0 Å². The summed E-state index contributed by atoms with van der Waals surface area (Å²) in [6, 6.07) is 8.93. The van der Waals surface area contributed by atoms with E-state index in [1.165, 1.54) is 11.1 Å². The van der Waals surface area contributed by atoms with Crippen molar-refractivity contribution in [2.45, 2.75) is 72.0 Å². The molecule has 0 bridgehead atoms. The van der Waals surface area contributed by atoms with Gasteiger partial charge < -0.3 is 14.9 Å². The van der Waals surface area contributed by atoms with Gasteiger partial charge in [-0.15, -0.1) is 0 Å². The lowest BCUT2D eigenvalue weighted by atomic mass is 9.68. The molecular weight excluding hydrogens is 388 g/mol. The van der Waals surface area contributed by atoms with Crippen molar-refractivity contribution in [2.75, 3.05) is 6.61 Å². The number of benzene rings is 1. The van der Waals surface area contributed by atoms with Crippen LogP contribution in [0.1, 0.15) is 70.2 Å². The summed E-state index contributed by atoms with van der Waals surface area (Å²) in [6.07, 6.45) is 6.44. The van der Waals surface area contributed by atoms with Gasteiger partial charge in [-0.3, -0.25) is 0 Å². The molecule has 1 aromatic carbocycles. The van der Waals surface area contributed by atoms with Crippen molar-refractivity contribution in [3.8, 4) is 0 Å². The molecule has 0 heterocycles. The fourth-order valence-electron chi connectivity index (χ4n) is 5.23. The van der Waals surface area contributed by atoms with E-state index in [9.17, 15) is 15.0 Å². The highest BCUT2D eigenvalue weighted by Gasteiger charge is 2.53. The van der Waals surface area contributed by atoms with Crippen LogP contribution in [0, 0.1) is 11.3 Å². The fourth-order valence-corrected chi connectivity index (χ4v) is 5.23. The van der Waals surface area contributed by atoms with Crippen molar-refractivity contribution in [3.05, 3.63) is 70.3 Å². The number of rotatable bonds is 3. The summed E-state index contributed by atoms with van der Waals surface area (Å²) in [6.45, 7) is 8.30. The van der Waals surface area contributed by atoms with E-state index in [0.717, 1.165) is 30.4 Å². The molecule has 4 heteroatoms. The highest BCUT2D eigenvalue weighted by Crippen LogP contribution is 2.53. The lowest BCUT2D eigenvalue weighted by Gasteiger charge is -2.41. The van der Waals surface area contributed by atoms with Gasteiger partial charge in [0.15, 0.2) is 0 Å². The molecular formula is C27H36O4. The van der Waals surface area contributed by atoms with Gasteiger partial charge in [0.05, 0.1) is 17.8 Å². The Hall–Kier alpha value is -2.17. The number of allylic oxidation sites excluding steroid dienone is 3. The van der Waals surface area contributed by atoms with Crippen LogP contribution >= 0.6 is 0 Å². The number of ether oxygens (including phenoxy) is 1. The second-order valence-corrected chi connectivity index (χ2v) is 9.50. The molecule has 4 atom stereocenters. The standard InChI is InChI=1S/C27H36O4/c1-18(2)22-13-14-27(17-31-26(30)21-11-6-5-7-12-21)24(29)16-20(4)10-8-9-19(3)15-23(28)25(22)27/h5-7,9,11-12,16,23-25,28-29H,8,10,13-15,17H2,1-4H3/b19-9+,20-16+/t23-,24+,25-,27+/m0/s1. The molecule has 0 amide bonds. The van der Waals surface area contributed by atoms with Gasteiger partial charge in [0.1, 0.15) is 6.61 Å². The summed E-state index contributed by atoms with van der Waals surface area (Å²) in [7, 11) is 0. The summed E-state index contributed by atoms with van der Waals surface area (Å²) >= 11 is 0. The Morgan fingerprint density at radius 1 is 1.10 bits per heavy atom. The first kappa shape index (κ1) is 23.5. The van der Waals surface area contributed by atoms with E-state index in [1.807, 2.05) is 19.1 Å². The van der Waals surface area contributed by atoms with Crippen LogP contribution < -0.4 is 0 Å². The first-order valence-corrected chi connectivity index (χ1v) is 11.3. The lowest BCUT2D eigenvalue weighted by Crippen LogP contribution is -2.47. The molecule has 4 nitrogen and oxygen atoms in total.